The molecule has 1 aliphatic heterocycles. The number of nitrogens with one attached hydrogen (secondary N) is 2. The van der Waals surface area contributed by atoms with E-state index in [1.54, 1.807) is 6.07 Å². The number of aromatic nitrogens is 2. The molecule has 0 saturated carbocycles. The van der Waals surface area contributed by atoms with Crippen molar-refractivity contribution in [2.75, 3.05) is 13.2 Å². The molecule has 4 aromatic rings. The molecule has 0 unspecified atom stereocenters. The van der Waals surface area contributed by atoms with Gasteiger partial charge in [-0.05, 0) is 49.4 Å². The molecule has 2 aromatic heterocycles. The second-order valence-corrected chi connectivity index (χ2v) is 9.63. The van der Waals surface area contributed by atoms with Gasteiger partial charge in [-0.25, -0.2) is 13.8 Å². The predicted octanol–water partition coefficient (Wildman–Crippen LogP) is 3.82. The highest BCUT2D eigenvalue weighted by Gasteiger charge is 2.57. The summed E-state index contributed by atoms with van der Waals surface area (Å²) in [5.74, 6) is -3.81. The lowest BCUT2D eigenvalue weighted by atomic mass is 9.81. The molecule has 1 aliphatic rings. The first kappa shape index (κ1) is 27.1. The third kappa shape index (κ3) is 4.22. The maximum atomic E-state index is 14.8. The van der Waals surface area contributed by atoms with E-state index in [-0.39, 0.29) is 34.7 Å². The highest BCUT2D eigenvalue weighted by Crippen LogP contribution is 2.47. The molecule has 5 rings (SSSR count). The molecule has 3 heterocycles. The van der Waals surface area contributed by atoms with Gasteiger partial charge in [-0.1, -0.05) is 6.07 Å². The number of hydrogen-bond donors (Lipinski definition) is 4. The number of carbonyl (C=O) groups excluding carboxylic acids is 2. The molecule has 0 fully saturated rings. The van der Waals surface area contributed by atoms with Crippen LogP contribution in [0.3, 0.4) is 0 Å². The summed E-state index contributed by atoms with van der Waals surface area (Å²) in [7, 11) is 0. The van der Waals surface area contributed by atoms with Crippen LogP contribution in [0.5, 0.6) is 5.75 Å². The number of hydrogen-bond acceptors (Lipinski definition) is 5. The Balaban J connectivity index is 1.60. The first-order chi connectivity index (χ1) is 18.8. The number of carbonyl (C=O) groups is 2. The fourth-order valence-electron chi connectivity index (χ4n) is 4.51. The lowest BCUT2D eigenvalue weighted by Gasteiger charge is -2.31. The molecule has 0 saturated heterocycles. The second-order valence-electron chi connectivity index (χ2n) is 9.63. The molecule has 0 radical (unpaired) electrons. The van der Waals surface area contributed by atoms with Crippen LogP contribution in [0.25, 0.3) is 22.2 Å². The van der Waals surface area contributed by atoms with E-state index in [4.69, 9.17) is 10.5 Å². The minimum Gasteiger partial charge on any atom is -0.489 e. The van der Waals surface area contributed by atoms with Crippen molar-refractivity contribution in [2.45, 2.75) is 24.1 Å². The molecule has 5 N–H and O–H groups in total. The summed E-state index contributed by atoms with van der Waals surface area (Å²) in [6, 6.07) is 9.45. The number of amides is 2. The number of halogens is 5. The van der Waals surface area contributed by atoms with Gasteiger partial charge in [0, 0.05) is 22.7 Å². The molecule has 8 nitrogen and oxygen atoms in total. The van der Waals surface area contributed by atoms with E-state index in [1.165, 1.54) is 31.3 Å². The van der Waals surface area contributed by atoms with Gasteiger partial charge in [-0.3, -0.25) is 9.59 Å². The van der Waals surface area contributed by atoms with E-state index in [1.807, 2.05) is 5.32 Å². The maximum absolute atomic E-state index is 14.8. The number of rotatable bonds is 6. The van der Waals surface area contributed by atoms with Gasteiger partial charge < -0.3 is 25.9 Å². The van der Waals surface area contributed by atoms with E-state index in [2.05, 4.69) is 9.97 Å². The van der Waals surface area contributed by atoms with Gasteiger partial charge in [0.15, 0.2) is 5.82 Å². The topological polar surface area (TPSA) is 130 Å². The van der Waals surface area contributed by atoms with Gasteiger partial charge in [0.1, 0.15) is 29.3 Å². The monoisotopic (exact) mass is 560 g/mol. The zero-order chi connectivity index (χ0) is 29.0. The molecule has 40 heavy (non-hydrogen) atoms. The van der Waals surface area contributed by atoms with E-state index < -0.39 is 58.4 Å². The smallest absolute Gasteiger partial charge is 0.424 e. The quantitative estimate of drug-likeness (QED) is 0.267. The van der Waals surface area contributed by atoms with E-state index in [0.717, 1.165) is 24.3 Å². The predicted molar refractivity (Wildman–Crippen MR) is 132 cm³/mol. The number of aliphatic hydroxyl groups is 1. The molecule has 0 spiro atoms. The van der Waals surface area contributed by atoms with Gasteiger partial charge in [-0.2, -0.15) is 13.2 Å². The van der Waals surface area contributed by atoms with Crippen molar-refractivity contribution >= 4 is 22.7 Å². The summed E-state index contributed by atoms with van der Waals surface area (Å²) >= 11 is 0. The largest absolute Gasteiger partial charge is 0.489 e. The van der Waals surface area contributed by atoms with Crippen LogP contribution in [0.2, 0.25) is 0 Å². The van der Waals surface area contributed by atoms with Crippen molar-refractivity contribution in [3.8, 4) is 17.0 Å². The van der Waals surface area contributed by atoms with Crippen LogP contribution >= 0.6 is 0 Å². The number of H-pyrrole nitrogens is 1. The maximum Gasteiger partial charge on any atom is 0.424 e. The van der Waals surface area contributed by atoms with Crippen molar-refractivity contribution in [2.24, 2.45) is 5.73 Å². The number of ether oxygens (including phenoxy) is 1. The van der Waals surface area contributed by atoms with Crippen LogP contribution < -0.4 is 15.8 Å². The number of benzene rings is 2. The van der Waals surface area contributed by atoms with Crippen molar-refractivity contribution in [3.05, 3.63) is 83.2 Å². The third-order valence-electron chi connectivity index (χ3n) is 7.04. The number of nitrogens with two attached hydrogens (primary N) is 1. The van der Waals surface area contributed by atoms with Crippen LogP contribution in [0, 0.1) is 11.6 Å². The van der Waals surface area contributed by atoms with Crippen LogP contribution in [-0.4, -0.2) is 46.2 Å². The molecule has 208 valence electrons. The van der Waals surface area contributed by atoms with Crippen LogP contribution in [0.4, 0.5) is 22.0 Å². The van der Waals surface area contributed by atoms with Gasteiger partial charge >= 0.3 is 6.18 Å². The Morgan fingerprint density at radius 1 is 1.15 bits per heavy atom. The van der Waals surface area contributed by atoms with Crippen LogP contribution in [-0.2, 0) is 15.8 Å². The number of nitrogens with zero attached hydrogens (tertiary/aromatic N) is 1. The number of fused-ring (bicyclic) bond motifs is 2. The fourth-order valence-corrected chi connectivity index (χ4v) is 4.51. The lowest BCUT2D eigenvalue weighted by molar-refractivity contribution is -0.265. The summed E-state index contributed by atoms with van der Waals surface area (Å²) < 4.78 is 77.5. The summed E-state index contributed by atoms with van der Waals surface area (Å²) in [6.45, 7) is -0.424. The SMILES string of the molecule is C[C@]1(C(N)=O)COc2c1cc([C@@](O)(CNC(=O)c1ccc3cc[nH]c3c1F)C(F)(F)F)nc2-c1ccc(F)cc1. The van der Waals surface area contributed by atoms with E-state index in [0.29, 0.717) is 5.39 Å². The Labute approximate surface area is 223 Å². The Kier molecular flexibility index (Phi) is 6.29. The van der Waals surface area contributed by atoms with Crippen molar-refractivity contribution in [1.82, 2.24) is 15.3 Å². The van der Waals surface area contributed by atoms with Crippen LogP contribution in [0.15, 0.2) is 54.7 Å². The van der Waals surface area contributed by atoms with Gasteiger partial charge in [0.2, 0.25) is 11.5 Å². The Bertz CT molecular complexity index is 1650. The summed E-state index contributed by atoms with van der Waals surface area (Å²) in [6.07, 6.45) is -3.98. The molecule has 2 aromatic carbocycles. The highest BCUT2D eigenvalue weighted by atomic mass is 19.4. The molecule has 13 heteroatoms. The molecule has 2 amide bonds. The Morgan fingerprint density at radius 3 is 2.50 bits per heavy atom. The fraction of sp³-hybridized carbons (Fsp3) is 0.222. The summed E-state index contributed by atoms with van der Waals surface area (Å²) in [5, 5.41) is 13.4. The van der Waals surface area contributed by atoms with Crippen molar-refractivity contribution in [1.29, 1.82) is 0 Å². The molecule has 0 aliphatic carbocycles. The lowest BCUT2D eigenvalue weighted by Crippen LogP contribution is -2.52. The van der Waals surface area contributed by atoms with Crippen molar-refractivity contribution < 1.29 is 41.4 Å². The van der Waals surface area contributed by atoms with E-state index >= 15 is 0 Å². The molecule has 2 atom stereocenters. The zero-order valence-corrected chi connectivity index (χ0v) is 20.7. The van der Waals surface area contributed by atoms with Crippen molar-refractivity contribution in [3.63, 3.8) is 0 Å². The normalized spacial score (nSPS) is 18.2. The standard InChI is InChI=1S/C27H21F5N4O4/c1-25(24(33)38)12-40-22-17(25)10-18(36-21(22)13-2-5-15(28)6-3-13)26(39,27(30,31)32)11-35-23(37)16-7-4-14-8-9-34-20(14)19(16)29/h2-10,34,39H,11-12H2,1H3,(H2,33,38)(H,35,37)/t25-,26-/m0/s1. The number of primary amides is 1. The molecular formula is C27H21F5N4O4. The van der Waals surface area contributed by atoms with Crippen LogP contribution in [0.1, 0.15) is 28.5 Å². The average molecular weight is 560 g/mol. The number of pyridine rings is 1. The van der Waals surface area contributed by atoms with Gasteiger partial charge in [0.05, 0.1) is 23.3 Å². The Hall–Kier alpha value is -4.52. The highest BCUT2D eigenvalue weighted by molar-refractivity contribution is 5.98. The average Bonchev–Trinajstić information content (AvgIpc) is 3.53. The number of alkyl halides is 3. The first-order valence-electron chi connectivity index (χ1n) is 11.8. The summed E-state index contributed by atoms with van der Waals surface area (Å²) in [4.78, 5) is 31.7. The molecular weight excluding hydrogens is 539 g/mol. The van der Waals surface area contributed by atoms with Gasteiger partial charge in [0.25, 0.3) is 5.91 Å². The minimum absolute atomic E-state index is 0.0197. The Morgan fingerprint density at radius 2 is 1.85 bits per heavy atom. The minimum atomic E-state index is -5.41. The zero-order valence-electron chi connectivity index (χ0n) is 20.7. The number of aromatic amines is 1. The second kappa shape index (κ2) is 9.30. The molecule has 0 bridgehead atoms. The third-order valence-corrected chi connectivity index (χ3v) is 7.04. The first-order valence-corrected chi connectivity index (χ1v) is 11.8. The van der Waals surface area contributed by atoms with E-state index in [9.17, 15) is 36.6 Å². The van der Waals surface area contributed by atoms with Gasteiger partial charge in [-0.15, -0.1) is 0 Å². The summed E-state index contributed by atoms with van der Waals surface area (Å²) in [5.41, 5.74) is -1.58.